The number of benzene rings is 1. The quantitative estimate of drug-likeness (QED) is 0.692. The lowest BCUT2D eigenvalue weighted by molar-refractivity contribution is -0.0797. The summed E-state index contributed by atoms with van der Waals surface area (Å²) in [6, 6.07) is 6.13. The van der Waals surface area contributed by atoms with E-state index in [1.165, 1.54) is 0 Å². The first-order valence-electron chi connectivity index (χ1n) is 9.61. The van der Waals surface area contributed by atoms with Crippen LogP contribution in [0.3, 0.4) is 0 Å². The van der Waals surface area contributed by atoms with E-state index in [0.717, 1.165) is 46.8 Å². The molecular formula is C20H23N5O3. The molecule has 0 aliphatic carbocycles. The molecule has 0 radical (unpaired) electrons. The monoisotopic (exact) mass is 381 g/mol. The van der Waals surface area contributed by atoms with Crippen LogP contribution >= 0.6 is 0 Å². The van der Waals surface area contributed by atoms with E-state index in [-0.39, 0.29) is 12.1 Å². The summed E-state index contributed by atoms with van der Waals surface area (Å²) in [5, 5.41) is 4.51. The molecule has 1 fully saturated rings. The molecule has 0 atom stereocenters. The fourth-order valence-corrected chi connectivity index (χ4v) is 3.48. The van der Waals surface area contributed by atoms with Gasteiger partial charge in [-0.15, -0.1) is 0 Å². The van der Waals surface area contributed by atoms with Crippen molar-refractivity contribution in [3.8, 4) is 34.4 Å². The highest BCUT2D eigenvalue weighted by Gasteiger charge is 2.24. The third-order valence-electron chi connectivity index (χ3n) is 4.93. The molecule has 2 aliphatic heterocycles. The third kappa shape index (κ3) is 2.93. The van der Waals surface area contributed by atoms with Crippen molar-refractivity contribution in [2.45, 2.75) is 39.5 Å². The van der Waals surface area contributed by atoms with Gasteiger partial charge < -0.3 is 18.8 Å². The van der Waals surface area contributed by atoms with Crippen LogP contribution < -0.4 is 9.47 Å². The Bertz CT molecular complexity index is 1020. The van der Waals surface area contributed by atoms with Crippen LogP contribution in [0.1, 0.15) is 25.7 Å². The van der Waals surface area contributed by atoms with Gasteiger partial charge >= 0.3 is 0 Å². The summed E-state index contributed by atoms with van der Waals surface area (Å²) in [4.78, 5) is 9.50. The number of hydrogen-bond acceptors (Lipinski definition) is 6. The molecule has 146 valence electrons. The van der Waals surface area contributed by atoms with Gasteiger partial charge in [0.05, 0.1) is 25.3 Å². The number of aryl methyl sites for hydroxylation is 1. The molecule has 0 spiro atoms. The Labute approximate surface area is 163 Å². The Kier molecular flexibility index (Phi) is 4.08. The largest absolute Gasteiger partial charge is 0.491 e. The normalized spacial score (nSPS) is 16.1. The summed E-state index contributed by atoms with van der Waals surface area (Å²) >= 11 is 0. The minimum absolute atomic E-state index is 0.128. The summed E-state index contributed by atoms with van der Waals surface area (Å²) in [6.07, 6.45) is 2.16. The highest BCUT2D eigenvalue weighted by molar-refractivity contribution is 5.69. The molecule has 3 aromatic rings. The molecule has 4 heterocycles. The van der Waals surface area contributed by atoms with Crippen molar-refractivity contribution in [1.82, 2.24) is 24.3 Å². The van der Waals surface area contributed by atoms with Gasteiger partial charge in [0.15, 0.2) is 5.82 Å². The molecule has 0 amide bonds. The molecule has 0 unspecified atom stereocenters. The highest BCUT2D eigenvalue weighted by atomic mass is 16.6. The Balaban J connectivity index is 1.53. The highest BCUT2D eigenvalue weighted by Crippen LogP contribution is 2.36. The molecule has 1 saturated heterocycles. The van der Waals surface area contributed by atoms with E-state index in [9.17, 15) is 0 Å². The van der Waals surface area contributed by atoms with Gasteiger partial charge in [-0.2, -0.15) is 5.10 Å². The van der Waals surface area contributed by atoms with E-state index in [1.54, 1.807) is 0 Å². The van der Waals surface area contributed by atoms with Crippen molar-refractivity contribution in [3.63, 3.8) is 0 Å². The summed E-state index contributed by atoms with van der Waals surface area (Å²) in [6.45, 7) is 8.66. The predicted molar refractivity (Wildman–Crippen MR) is 103 cm³/mol. The Hall–Kier alpha value is -2.87. The molecule has 0 bridgehead atoms. The summed E-state index contributed by atoms with van der Waals surface area (Å²) < 4.78 is 21.1. The minimum atomic E-state index is 0.128. The average molecular weight is 381 g/mol. The topological polar surface area (TPSA) is 76.2 Å². The average Bonchev–Trinajstić information content (AvgIpc) is 3.18. The molecule has 2 aliphatic rings. The second-order valence-corrected chi connectivity index (χ2v) is 7.45. The second kappa shape index (κ2) is 6.63. The van der Waals surface area contributed by atoms with Crippen LogP contribution in [0, 0.1) is 6.92 Å². The van der Waals surface area contributed by atoms with Gasteiger partial charge in [0.25, 0.3) is 0 Å². The number of imidazole rings is 1. The van der Waals surface area contributed by atoms with Gasteiger partial charge in [-0.05, 0) is 32.9 Å². The van der Waals surface area contributed by atoms with E-state index in [0.29, 0.717) is 19.8 Å². The Morgan fingerprint density at radius 2 is 2.04 bits per heavy atom. The van der Waals surface area contributed by atoms with Gasteiger partial charge in [0.1, 0.15) is 41.6 Å². The van der Waals surface area contributed by atoms with Crippen LogP contribution in [-0.4, -0.2) is 50.2 Å². The number of fused-ring (bicyclic) bond motifs is 3. The fourth-order valence-electron chi connectivity index (χ4n) is 3.48. The van der Waals surface area contributed by atoms with Crippen molar-refractivity contribution in [2.24, 2.45) is 0 Å². The maximum atomic E-state index is 5.97. The van der Waals surface area contributed by atoms with Crippen LogP contribution in [-0.2, 0) is 11.3 Å². The van der Waals surface area contributed by atoms with Crippen molar-refractivity contribution in [3.05, 3.63) is 30.2 Å². The lowest BCUT2D eigenvalue weighted by Crippen LogP contribution is -2.38. The zero-order chi connectivity index (χ0) is 19.3. The second-order valence-electron chi connectivity index (χ2n) is 7.45. The van der Waals surface area contributed by atoms with Gasteiger partial charge in [-0.3, -0.25) is 0 Å². The van der Waals surface area contributed by atoms with Gasteiger partial charge in [-0.25, -0.2) is 14.6 Å². The Morgan fingerprint density at radius 3 is 2.79 bits per heavy atom. The molecular weight excluding hydrogens is 358 g/mol. The first-order valence-corrected chi connectivity index (χ1v) is 9.61. The third-order valence-corrected chi connectivity index (χ3v) is 4.93. The smallest absolute Gasteiger partial charge is 0.178 e. The number of rotatable bonds is 4. The summed E-state index contributed by atoms with van der Waals surface area (Å²) in [5.74, 6) is 3.99. The molecule has 28 heavy (non-hydrogen) atoms. The summed E-state index contributed by atoms with van der Waals surface area (Å²) in [7, 11) is 0. The van der Waals surface area contributed by atoms with Crippen LogP contribution in [0.5, 0.6) is 11.5 Å². The van der Waals surface area contributed by atoms with Crippen LogP contribution in [0.15, 0.2) is 24.4 Å². The van der Waals surface area contributed by atoms with E-state index in [4.69, 9.17) is 19.2 Å². The maximum Gasteiger partial charge on any atom is 0.178 e. The maximum absolute atomic E-state index is 5.97. The molecule has 1 aromatic carbocycles. The van der Waals surface area contributed by atoms with Crippen LogP contribution in [0.25, 0.3) is 22.9 Å². The lowest BCUT2D eigenvalue weighted by Gasteiger charge is -2.26. The van der Waals surface area contributed by atoms with Gasteiger partial charge in [0, 0.05) is 18.3 Å². The zero-order valence-corrected chi connectivity index (χ0v) is 16.3. The molecule has 5 rings (SSSR count). The number of hydrogen-bond donors (Lipinski definition) is 0. The summed E-state index contributed by atoms with van der Waals surface area (Å²) in [5.41, 5.74) is 1.78. The zero-order valence-electron chi connectivity index (χ0n) is 16.3. The van der Waals surface area contributed by atoms with Crippen molar-refractivity contribution >= 4 is 0 Å². The molecule has 0 saturated carbocycles. The van der Waals surface area contributed by atoms with Gasteiger partial charge in [0.2, 0.25) is 0 Å². The van der Waals surface area contributed by atoms with E-state index < -0.39 is 0 Å². The standard InChI is InChI=1S/C20H23N5O3/c1-12(2)25-20(21-13(3)23-25)17-9-24-6-7-27-18-8-14(28-15-10-26-11-15)4-5-16(18)19(24)22-17/h4-5,8-9,12,15H,6-7,10-11H2,1-3H3. The van der Waals surface area contributed by atoms with Gasteiger partial charge in [-0.1, -0.05) is 0 Å². The fraction of sp³-hybridized carbons (Fsp3) is 0.450. The number of nitrogens with zero attached hydrogens (tertiary/aromatic N) is 5. The van der Waals surface area contributed by atoms with E-state index >= 15 is 0 Å². The van der Waals surface area contributed by atoms with Crippen molar-refractivity contribution in [1.29, 1.82) is 0 Å². The SMILES string of the molecule is Cc1nc(-c2cn3c(n2)-c2ccc(OC4COC4)cc2OCC3)n(C(C)C)n1. The minimum Gasteiger partial charge on any atom is -0.491 e. The number of aromatic nitrogens is 5. The molecule has 2 aromatic heterocycles. The molecule has 8 nitrogen and oxygen atoms in total. The van der Waals surface area contributed by atoms with E-state index in [2.05, 4.69) is 28.5 Å². The van der Waals surface area contributed by atoms with E-state index in [1.807, 2.05) is 36.0 Å². The van der Waals surface area contributed by atoms with Crippen molar-refractivity contribution in [2.75, 3.05) is 19.8 Å². The first kappa shape index (κ1) is 17.2. The molecule has 8 heteroatoms. The Morgan fingerprint density at radius 1 is 1.18 bits per heavy atom. The first-order chi connectivity index (χ1) is 13.6. The van der Waals surface area contributed by atoms with Crippen molar-refractivity contribution < 1.29 is 14.2 Å². The molecule has 0 N–H and O–H groups in total. The van der Waals surface area contributed by atoms with Crippen LogP contribution in [0.4, 0.5) is 0 Å². The predicted octanol–water partition coefficient (Wildman–Crippen LogP) is 2.87. The number of ether oxygens (including phenoxy) is 3. The van der Waals surface area contributed by atoms with Crippen LogP contribution in [0.2, 0.25) is 0 Å². The lowest BCUT2D eigenvalue weighted by atomic mass is 10.1.